The predicted molar refractivity (Wildman–Crippen MR) is 98.3 cm³/mol. The van der Waals surface area contributed by atoms with Gasteiger partial charge in [0.25, 0.3) is 0 Å². The van der Waals surface area contributed by atoms with Crippen LogP contribution in [-0.2, 0) is 33.2 Å². The molecule has 0 bridgehead atoms. The molecular formula is C18H40O7. The Hall–Kier alpha value is -0.280. The third-order valence-electron chi connectivity index (χ3n) is 3.90. The van der Waals surface area contributed by atoms with E-state index in [0.29, 0.717) is 46.2 Å². The van der Waals surface area contributed by atoms with Crippen LogP contribution >= 0.6 is 0 Å². The fourth-order valence-corrected chi connectivity index (χ4v) is 2.82. The first-order chi connectivity index (χ1) is 12.0. The summed E-state index contributed by atoms with van der Waals surface area (Å²) in [6, 6.07) is 0. The van der Waals surface area contributed by atoms with Crippen LogP contribution in [0.1, 0.15) is 13.3 Å². The number of hydrogen-bond donors (Lipinski definition) is 0. The molecule has 0 aromatic carbocycles. The summed E-state index contributed by atoms with van der Waals surface area (Å²) in [6.45, 7) is 6.47. The minimum absolute atomic E-state index is 0.0260. The second kappa shape index (κ2) is 17.1. The van der Waals surface area contributed by atoms with E-state index >= 15 is 0 Å². The van der Waals surface area contributed by atoms with Gasteiger partial charge < -0.3 is 33.2 Å². The fraction of sp³-hybridized carbons (Fsp3) is 1.00. The summed E-state index contributed by atoms with van der Waals surface area (Å²) < 4.78 is 35.9. The predicted octanol–water partition coefficient (Wildman–Crippen LogP) is 1.88. The van der Waals surface area contributed by atoms with Crippen LogP contribution in [-0.4, -0.2) is 96.0 Å². The van der Waals surface area contributed by atoms with E-state index in [0.717, 1.165) is 6.42 Å². The molecule has 0 aliphatic carbocycles. The Morgan fingerprint density at radius 2 is 0.600 bits per heavy atom. The smallest absolute Gasteiger partial charge is 0.0637 e. The molecule has 0 saturated carbocycles. The van der Waals surface area contributed by atoms with E-state index in [9.17, 15) is 0 Å². The summed E-state index contributed by atoms with van der Waals surface area (Å²) in [7, 11) is 11.8. The number of ether oxygens (including phenoxy) is 7. The second-order valence-corrected chi connectivity index (χ2v) is 6.38. The maximum absolute atomic E-state index is 5.14. The topological polar surface area (TPSA) is 64.6 Å². The van der Waals surface area contributed by atoms with Crippen molar-refractivity contribution in [3.63, 3.8) is 0 Å². The van der Waals surface area contributed by atoms with Crippen molar-refractivity contribution in [2.45, 2.75) is 13.3 Å². The van der Waals surface area contributed by atoms with Crippen molar-refractivity contribution in [3.8, 4) is 0 Å². The van der Waals surface area contributed by atoms with E-state index in [1.807, 2.05) is 0 Å². The van der Waals surface area contributed by atoms with Crippen molar-refractivity contribution >= 4 is 0 Å². The van der Waals surface area contributed by atoms with Crippen molar-refractivity contribution < 1.29 is 33.2 Å². The Morgan fingerprint density at radius 1 is 0.400 bits per heavy atom. The van der Waals surface area contributed by atoms with Gasteiger partial charge in [0.2, 0.25) is 0 Å². The van der Waals surface area contributed by atoms with E-state index in [1.165, 1.54) is 0 Å². The van der Waals surface area contributed by atoms with Gasteiger partial charge in [0.15, 0.2) is 0 Å². The summed E-state index contributed by atoms with van der Waals surface area (Å²) in [6.07, 6.45) is 1.00. The van der Waals surface area contributed by atoms with Gasteiger partial charge in [-0.15, -0.1) is 0 Å². The number of hydrogen-bond acceptors (Lipinski definition) is 7. The maximum atomic E-state index is 5.14. The van der Waals surface area contributed by atoms with Crippen LogP contribution in [0.25, 0.3) is 0 Å². The van der Waals surface area contributed by atoms with E-state index in [-0.39, 0.29) is 10.8 Å². The molecule has 7 heteroatoms. The average Bonchev–Trinajstić information content (AvgIpc) is 2.57. The standard InChI is InChI=1S/C9H20O4.C9H20O3/c1-10-5-9(6-11-2,7-12-3)8-13-4;1-5-9(6-10-2,7-11-3)8-12-4/h5-8H2,1-4H3;5-8H2,1-4H3. The van der Waals surface area contributed by atoms with Gasteiger partial charge >= 0.3 is 0 Å². The zero-order valence-corrected chi connectivity index (χ0v) is 17.5. The van der Waals surface area contributed by atoms with Crippen LogP contribution in [0.3, 0.4) is 0 Å². The summed E-state index contributed by atoms with van der Waals surface area (Å²) in [5, 5.41) is 0. The molecule has 0 aromatic rings. The van der Waals surface area contributed by atoms with Crippen LogP contribution in [0.5, 0.6) is 0 Å². The van der Waals surface area contributed by atoms with E-state index in [1.54, 1.807) is 49.8 Å². The monoisotopic (exact) mass is 368 g/mol. The molecule has 0 atom stereocenters. The molecular weight excluding hydrogens is 328 g/mol. The summed E-state index contributed by atoms with van der Waals surface area (Å²) in [5.74, 6) is 0. The van der Waals surface area contributed by atoms with Crippen molar-refractivity contribution in [1.29, 1.82) is 0 Å². The SMILES string of the molecule is CCC(COC)(COC)COC.COCC(COC)(COC)COC. The van der Waals surface area contributed by atoms with Gasteiger partial charge in [0.1, 0.15) is 0 Å². The Bertz CT molecular complexity index is 228. The molecule has 0 heterocycles. The minimum Gasteiger partial charge on any atom is -0.384 e. The Balaban J connectivity index is 0. The van der Waals surface area contributed by atoms with Crippen LogP contribution in [0.15, 0.2) is 0 Å². The van der Waals surface area contributed by atoms with E-state index < -0.39 is 0 Å². The summed E-state index contributed by atoms with van der Waals surface area (Å²) >= 11 is 0. The highest BCUT2D eigenvalue weighted by molar-refractivity contribution is 4.78. The third kappa shape index (κ3) is 11.9. The van der Waals surface area contributed by atoms with Gasteiger partial charge in [-0.2, -0.15) is 0 Å². The molecule has 0 rings (SSSR count). The number of methoxy groups -OCH3 is 7. The molecule has 0 spiro atoms. The molecule has 25 heavy (non-hydrogen) atoms. The maximum Gasteiger partial charge on any atom is 0.0637 e. The van der Waals surface area contributed by atoms with Gasteiger partial charge in [0, 0.05) is 55.2 Å². The molecule has 0 saturated heterocycles. The minimum atomic E-state index is -0.188. The molecule has 0 amide bonds. The number of rotatable bonds is 15. The lowest BCUT2D eigenvalue weighted by atomic mass is 9.88. The second-order valence-electron chi connectivity index (χ2n) is 6.38. The summed E-state index contributed by atoms with van der Waals surface area (Å²) in [4.78, 5) is 0. The first kappa shape index (κ1) is 26.9. The zero-order chi connectivity index (χ0) is 19.6. The molecule has 0 N–H and O–H groups in total. The van der Waals surface area contributed by atoms with Crippen LogP contribution < -0.4 is 0 Å². The normalized spacial score (nSPS) is 12.0. The fourth-order valence-electron chi connectivity index (χ4n) is 2.82. The molecule has 7 nitrogen and oxygen atoms in total. The van der Waals surface area contributed by atoms with Gasteiger partial charge in [-0.3, -0.25) is 0 Å². The summed E-state index contributed by atoms with van der Waals surface area (Å²) in [5.41, 5.74) is -0.161. The quantitative estimate of drug-likeness (QED) is 0.437. The lowest BCUT2D eigenvalue weighted by molar-refractivity contribution is -0.0760. The molecule has 0 aliphatic rings. The highest BCUT2D eigenvalue weighted by atomic mass is 16.5. The molecule has 0 aromatic heterocycles. The van der Waals surface area contributed by atoms with E-state index in [2.05, 4.69) is 6.92 Å². The third-order valence-corrected chi connectivity index (χ3v) is 3.90. The lowest BCUT2D eigenvalue weighted by Crippen LogP contribution is -2.40. The zero-order valence-electron chi connectivity index (χ0n) is 17.5. The van der Waals surface area contributed by atoms with Crippen LogP contribution in [0, 0.1) is 10.8 Å². The Kier molecular flexibility index (Phi) is 18.5. The van der Waals surface area contributed by atoms with E-state index in [4.69, 9.17) is 33.2 Å². The highest BCUT2D eigenvalue weighted by Gasteiger charge is 2.30. The molecule has 0 fully saturated rings. The van der Waals surface area contributed by atoms with Crippen molar-refractivity contribution in [1.82, 2.24) is 0 Å². The molecule has 0 aliphatic heterocycles. The van der Waals surface area contributed by atoms with Gasteiger partial charge in [-0.25, -0.2) is 0 Å². The van der Waals surface area contributed by atoms with Gasteiger partial charge in [-0.05, 0) is 6.42 Å². The van der Waals surface area contributed by atoms with Crippen molar-refractivity contribution in [3.05, 3.63) is 0 Å². The first-order valence-electron chi connectivity index (χ1n) is 8.41. The molecule has 0 unspecified atom stereocenters. The largest absolute Gasteiger partial charge is 0.384 e. The lowest BCUT2D eigenvalue weighted by Gasteiger charge is -2.30. The van der Waals surface area contributed by atoms with Gasteiger partial charge in [-0.1, -0.05) is 6.92 Å². The van der Waals surface area contributed by atoms with Crippen LogP contribution in [0.2, 0.25) is 0 Å². The molecule has 154 valence electrons. The first-order valence-corrected chi connectivity index (χ1v) is 8.41. The average molecular weight is 369 g/mol. The Morgan fingerprint density at radius 3 is 0.760 bits per heavy atom. The Labute approximate surface area is 154 Å². The molecule has 0 radical (unpaired) electrons. The van der Waals surface area contributed by atoms with Crippen LogP contribution in [0.4, 0.5) is 0 Å². The van der Waals surface area contributed by atoms with Gasteiger partial charge in [0.05, 0.1) is 51.7 Å². The highest BCUT2D eigenvalue weighted by Crippen LogP contribution is 2.23. The van der Waals surface area contributed by atoms with Crippen molar-refractivity contribution in [2.75, 3.05) is 96.0 Å². The van der Waals surface area contributed by atoms with Crippen molar-refractivity contribution in [2.24, 2.45) is 10.8 Å².